The Morgan fingerprint density at radius 1 is 0.871 bits per heavy atom. The first-order valence-corrected chi connectivity index (χ1v) is 10.8. The zero-order chi connectivity index (χ0) is 21.6. The lowest BCUT2D eigenvalue weighted by atomic mass is 10.2. The summed E-state index contributed by atoms with van der Waals surface area (Å²) in [5, 5.41) is 12.0. The summed E-state index contributed by atoms with van der Waals surface area (Å²) in [7, 11) is 0. The number of amides is 1. The standard InChI is InChI=1S/C23H17ClN4O2S/c24-19-14-8-7-13-18(19)21-26-27-23(28(21)22(30)16-9-3-1-4-10-16)31-15-20(29)25-17-11-5-2-6-12-17/h1-14H,15H2,(H,25,29). The number of para-hydroxylation sites is 1. The van der Waals surface area contributed by atoms with Crippen LogP contribution in [0.4, 0.5) is 5.69 Å². The molecule has 1 N–H and O–H groups in total. The van der Waals surface area contributed by atoms with Gasteiger partial charge in [-0.25, -0.2) is 4.57 Å². The normalized spacial score (nSPS) is 10.6. The Kier molecular flexibility index (Phi) is 6.45. The van der Waals surface area contributed by atoms with Crippen molar-refractivity contribution in [1.82, 2.24) is 14.8 Å². The van der Waals surface area contributed by atoms with Crippen LogP contribution in [0.25, 0.3) is 11.4 Å². The highest BCUT2D eigenvalue weighted by molar-refractivity contribution is 7.99. The van der Waals surface area contributed by atoms with Gasteiger partial charge >= 0.3 is 0 Å². The quantitative estimate of drug-likeness (QED) is 0.419. The molecule has 0 bridgehead atoms. The summed E-state index contributed by atoms with van der Waals surface area (Å²) in [6, 6.07) is 25.1. The predicted molar refractivity (Wildman–Crippen MR) is 122 cm³/mol. The minimum Gasteiger partial charge on any atom is -0.325 e. The highest BCUT2D eigenvalue weighted by Crippen LogP contribution is 2.30. The smallest absolute Gasteiger partial charge is 0.265 e. The molecule has 1 aromatic heterocycles. The van der Waals surface area contributed by atoms with Crippen LogP contribution in [-0.4, -0.2) is 32.3 Å². The molecular weight excluding hydrogens is 432 g/mol. The zero-order valence-electron chi connectivity index (χ0n) is 16.2. The van der Waals surface area contributed by atoms with Gasteiger partial charge < -0.3 is 5.32 Å². The van der Waals surface area contributed by atoms with E-state index in [1.54, 1.807) is 54.6 Å². The van der Waals surface area contributed by atoms with Crippen LogP contribution in [0.3, 0.4) is 0 Å². The lowest BCUT2D eigenvalue weighted by molar-refractivity contribution is -0.113. The number of carbonyl (C=O) groups is 2. The van der Waals surface area contributed by atoms with Gasteiger partial charge in [0.05, 0.1) is 10.8 Å². The molecule has 4 rings (SSSR count). The van der Waals surface area contributed by atoms with Crippen LogP contribution in [0.5, 0.6) is 0 Å². The largest absolute Gasteiger partial charge is 0.325 e. The number of hydrogen-bond donors (Lipinski definition) is 1. The molecule has 0 unspecified atom stereocenters. The molecule has 1 amide bonds. The second-order valence-electron chi connectivity index (χ2n) is 6.50. The lowest BCUT2D eigenvalue weighted by Crippen LogP contribution is -2.17. The third-order valence-corrected chi connectivity index (χ3v) is 5.62. The molecule has 3 aromatic carbocycles. The van der Waals surface area contributed by atoms with Gasteiger partial charge in [-0.15, -0.1) is 10.2 Å². The summed E-state index contributed by atoms with van der Waals surface area (Å²) in [5.41, 5.74) is 1.76. The van der Waals surface area contributed by atoms with E-state index in [9.17, 15) is 9.59 Å². The number of aromatic nitrogens is 3. The maximum atomic E-state index is 13.3. The molecule has 0 saturated heterocycles. The van der Waals surface area contributed by atoms with Crippen LogP contribution < -0.4 is 5.32 Å². The van der Waals surface area contributed by atoms with Crippen molar-refractivity contribution in [2.75, 3.05) is 11.1 Å². The van der Waals surface area contributed by atoms with Crippen LogP contribution >= 0.6 is 23.4 Å². The number of benzene rings is 3. The van der Waals surface area contributed by atoms with E-state index in [1.165, 1.54) is 4.57 Å². The Bertz CT molecular complexity index is 1210. The summed E-state index contributed by atoms with van der Waals surface area (Å²) < 4.78 is 1.40. The van der Waals surface area contributed by atoms with E-state index in [0.29, 0.717) is 32.8 Å². The summed E-state index contributed by atoms with van der Waals surface area (Å²) >= 11 is 7.48. The van der Waals surface area contributed by atoms with Gasteiger partial charge in [-0.3, -0.25) is 9.59 Å². The number of nitrogens with zero attached hydrogens (tertiary/aromatic N) is 3. The first kappa shape index (κ1) is 20.8. The zero-order valence-corrected chi connectivity index (χ0v) is 17.8. The molecule has 0 aliphatic heterocycles. The van der Waals surface area contributed by atoms with Gasteiger partial charge in [0.1, 0.15) is 0 Å². The van der Waals surface area contributed by atoms with Crippen molar-refractivity contribution in [3.05, 3.63) is 95.5 Å². The van der Waals surface area contributed by atoms with Crippen LogP contribution in [-0.2, 0) is 4.79 Å². The molecule has 0 aliphatic carbocycles. The highest BCUT2D eigenvalue weighted by Gasteiger charge is 2.23. The first-order valence-electron chi connectivity index (χ1n) is 9.41. The molecule has 1 heterocycles. The molecule has 0 atom stereocenters. The molecule has 31 heavy (non-hydrogen) atoms. The summed E-state index contributed by atoms with van der Waals surface area (Å²) in [6.07, 6.45) is 0. The fourth-order valence-corrected chi connectivity index (χ4v) is 3.87. The Hall–Kier alpha value is -3.42. The molecule has 0 radical (unpaired) electrons. The van der Waals surface area contributed by atoms with E-state index in [1.807, 2.05) is 30.3 Å². The summed E-state index contributed by atoms with van der Waals surface area (Å²) in [5.74, 6) is -0.119. The van der Waals surface area contributed by atoms with E-state index in [0.717, 1.165) is 11.8 Å². The third kappa shape index (κ3) is 4.84. The molecule has 0 spiro atoms. The van der Waals surface area contributed by atoms with Crippen molar-refractivity contribution in [3.63, 3.8) is 0 Å². The molecule has 154 valence electrons. The molecule has 0 aliphatic rings. The van der Waals surface area contributed by atoms with Crippen molar-refractivity contribution in [2.24, 2.45) is 0 Å². The number of carbonyl (C=O) groups excluding carboxylic acids is 2. The van der Waals surface area contributed by atoms with Crippen molar-refractivity contribution in [3.8, 4) is 11.4 Å². The topological polar surface area (TPSA) is 76.9 Å². The van der Waals surface area contributed by atoms with Gasteiger partial charge in [0.15, 0.2) is 11.0 Å². The summed E-state index contributed by atoms with van der Waals surface area (Å²) in [4.78, 5) is 25.7. The summed E-state index contributed by atoms with van der Waals surface area (Å²) in [6.45, 7) is 0. The predicted octanol–water partition coefficient (Wildman–Crippen LogP) is 5.02. The molecule has 0 saturated carbocycles. The number of nitrogens with one attached hydrogen (secondary N) is 1. The molecule has 8 heteroatoms. The Balaban J connectivity index is 1.64. The third-order valence-electron chi connectivity index (χ3n) is 4.36. The van der Waals surface area contributed by atoms with E-state index < -0.39 is 0 Å². The molecule has 6 nitrogen and oxygen atoms in total. The molecular formula is C23H17ClN4O2S. The van der Waals surface area contributed by atoms with Crippen molar-refractivity contribution < 1.29 is 9.59 Å². The van der Waals surface area contributed by atoms with Gasteiger partial charge in [-0.2, -0.15) is 0 Å². The minimum atomic E-state index is -0.300. The van der Waals surface area contributed by atoms with Gasteiger partial charge in [-0.05, 0) is 36.4 Å². The second-order valence-corrected chi connectivity index (χ2v) is 7.85. The van der Waals surface area contributed by atoms with E-state index in [-0.39, 0.29) is 17.6 Å². The molecule has 4 aromatic rings. The minimum absolute atomic E-state index is 0.0671. The van der Waals surface area contributed by atoms with Gasteiger partial charge in [-0.1, -0.05) is 71.9 Å². The van der Waals surface area contributed by atoms with E-state index >= 15 is 0 Å². The first-order chi connectivity index (χ1) is 15.1. The SMILES string of the molecule is O=C(CSc1nnc(-c2ccccc2Cl)n1C(=O)c1ccccc1)Nc1ccccc1. The Labute approximate surface area is 188 Å². The Morgan fingerprint density at radius 2 is 1.52 bits per heavy atom. The van der Waals surface area contributed by atoms with Crippen LogP contribution in [0.2, 0.25) is 5.02 Å². The van der Waals surface area contributed by atoms with E-state index in [4.69, 9.17) is 11.6 Å². The highest BCUT2D eigenvalue weighted by atomic mass is 35.5. The van der Waals surface area contributed by atoms with Gasteiger partial charge in [0.2, 0.25) is 5.91 Å². The number of anilines is 1. The maximum Gasteiger partial charge on any atom is 0.265 e. The number of halogens is 1. The second kappa shape index (κ2) is 9.59. The average Bonchev–Trinajstić information content (AvgIpc) is 3.22. The fourth-order valence-electron chi connectivity index (χ4n) is 2.92. The number of thioether (sulfide) groups is 1. The average molecular weight is 449 g/mol. The Morgan fingerprint density at radius 3 is 2.23 bits per heavy atom. The maximum absolute atomic E-state index is 13.3. The molecule has 0 fully saturated rings. The number of rotatable bonds is 6. The van der Waals surface area contributed by atoms with Gasteiger partial charge in [0.25, 0.3) is 5.91 Å². The van der Waals surface area contributed by atoms with Crippen molar-refractivity contribution >= 4 is 40.9 Å². The van der Waals surface area contributed by atoms with Crippen molar-refractivity contribution in [1.29, 1.82) is 0 Å². The number of hydrogen-bond acceptors (Lipinski definition) is 5. The monoisotopic (exact) mass is 448 g/mol. The van der Waals surface area contributed by atoms with Crippen molar-refractivity contribution in [2.45, 2.75) is 5.16 Å². The van der Waals surface area contributed by atoms with Crippen LogP contribution in [0.1, 0.15) is 10.4 Å². The van der Waals surface area contributed by atoms with Gasteiger partial charge in [0, 0.05) is 16.8 Å². The van der Waals surface area contributed by atoms with Crippen LogP contribution in [0, 0.1) is 0 Å². The van der Waals surface area contributed by atoms with Crippen LogP contribution in [0.15, 0.2) is 90.1 Å². The lowest BCUT2D eigenvalue weighted by Gasteiger charge is -2.10. The van der Waals surface area contributed by atoms with E-state index in [2.05, 4.69) is 15.5 Å². The fraction of sp³-hybridized carbons (Fsp3) is 0.0435.